The summed E-state index contributed by atoms with van der Waals surface area (Å²) >= 11 is 0. The van der Waals surface area contributed by atoms with Crippen molar-refractivity contribution in [2.45, 2.75) is 116 Å². The molecule has 0 bridgehead atoms. The molecule has 3 fully saturated rings. The summed E-state index contributed by atoms with van der Waals surface area (Å²) in [5.41, 5.74) is 0. The van der Waals surface area contributed by atoms with E-state index >= 15 is 0 Å². The minimum Gasteiger partial charge on any atom is -0.491 e. The molecule has 7 heteroatoms. The lowest BCUT2D eigenvalue weighted by atomic mass is 9.65. The Morgan fingerprint density at radius 1 is 0.711 bits per heavy atom. The summed E-state index contributed by atoms with van der Waals surface area (Å²) in [6, 6.07) is 2.04. The number of rotatable bonds is 11. The molecular weight excluding hydrogens is 496 g/mol. The summed E-state index contributed by atoms with van der Waals surface area (Å²) in [5.74, 6) is 0.203. The number of hydrogen-bond donors (Lipinski definition) is 0. The Morgan fingerprint density at radius 3 is 1.71 bits per heavy atom. The second kappa shape index (κ2) is 13.7. The summed E-state index contributed by atoms with van der Waals surface area (Å²) in [6.45, 7) is 3.06. The molecule has 0 spiro atoms. The quantitative estimate of drug-likeness (QED) is 0.261. The van der Waals surface area contributed by atoms with E-state index in [-0.39, 0.29) is 18.5 Å². The second-order valence-electron chi connectivity index (χ2n) is 12.0. The lowest BCUT2D eigenvalue weighted by molar-refractivity contribution is -0.223. The van der Waals surface area contributed by atoms with Crippen LogP contribution in [0.3, 0.4) is 0 Å². The van der Waals surface area contributed by atoms with E-state index in [1.807, 2.05) is 0 Å². The fraction of sp³-hybridized carbons (Fsp3) is 0.806. The van der Waals surface area contributed by atoms with Gasteiger partial charge < -0.3 is 14.2 Å². The maximum absolute atomic E-state index is 14.4. The smallest absolute Gasteiger partial charge is 0.422 e. The first kappa shape index (κ1) is 29.5. The predicted octanol–water partition coefficient (Wildman–Crippen LogP) is 9.32. The molecule has 3 aliphatic carbocycles. The zero-order chi connectivity index (χ0) is 27.1. The molecule has 0 N–H and O–H groups in total. The minimum atomic E-state index is -3.76. The van der Waals surface area contributed by atoms with Crippen LogP contribution in [0.25, 0.3) is 0 Å². The Hall–Kier alpha value is -1.50. The van der Waals surface area contributed by atoms with Crippen molar-refractivity contribution in [3.63, 3.8) is 0 Å². The van der Waals surface area contributed by atoms with Gasteiger partial charge in [-0.05, 0) is 113 Å². The van der Waals surface area contributed by atoms with Crippen molar-refractivity contribution in [1.82, 2.24) is 0 Å². The van der Waals surface area contributed by atoms with Gasteiger partial charge in [-0.25, -0.2) is 0 Å². The molecule has 3 saturated carbocycles. The number of hydrogen-bond acceptors (Lipinski definition) is 3. The van der Waals surface area contributed by atoms with Gasteiger partial charge in [0.25, 0.3) is 0 Å². The normalized spacial score (nSPS) is 30.7. The van der Waals surface area contributed by atoms with Crippen molar-refractivity contribution < 1.29 is 31.8 Å². The van der Waals surface area contributed by atoms with Crippen LogP contribution in [-0.4, -0.2) is 25.4 Å². The number of halogens is 4. The highest BCUT2D eigenvalue weighted by molar-refractivity contribution is 5.35. The van der Waals surface area contributed by atoms with E-state index in [1.165, 1.54) is 64.2 Å². The molecule has 0 radical (unpaired) electrons. The van der Waals surface area contributed by atoms with Crippen LogP contribution in [0.5, 0.6) is 11.5 Å². The van der Waals surface area contributed by atoms with Crippen LogP contribution < -0.4 is 9.47 Å². The van der Waals surface area contributed by atoms with Crippen molar-refractivity contribution in [3.8, 4) is 11.5 Å². The number of ether oxygens (including phenoxy) is 3. The Bertz CT molecular complexity index is 855. The molecule has 4 rings (SSSR count). The van der Waals surface area contributed by atoms with Crippen LogP contribution in [0.15, 0.2) is 12.1 Å². The number of alkyl halides is 2. The van der Waals surface area contributed by atoms with Gasteiger partial charge in [-0.2, -0.15) is 17.6 Å². The fourth-order valence-electron chi connectivity index (χ4n) is 7.44. The van der Waals surface area contributed by atoms with E-state index < -0.39 is 30.1 Å². The average molecular weight is 543 g/mol. The molecule has 0 unspecified atom stereocenters. The van der Waals surface area contributed by atoms with Gasteiger partial charge in [-0.3, -0.25) is 0 Å². The molecule has 0 aliphatic heterocycles. The van der Waals surface area contributed by atoms with Gasteiger partial charge in [0.1, 0.15) is 0 Å². The van der Waals surface area contributed by atoms with Crippen LogP contribution in [-0.2, 0) is 4.74 Å². The zero-order valence-electron chi connectivity index (χ0n) is 23.2. The molecule has 3 aliphatic rings. The van der Waals surface area contributed by atoms with Gasteiger partial charge in [0, 0.05) is 0 Å². The molecule has 3 nitrogen and oxygen atoms in total. The first-order valence-corrected chi connectivity index (χ1v) is 15.1. The summed E-state index contributed by atoms with van der Waals surface area (Å²) in [5, 5.41) is 0. The first-order valence-electron chi connectivity index (χ1n) is 15.1. The van der Waals surface area contributed by atoms with Crippen molar-refractivity contribution in [3.05, 3.63) is 23.8 Å². The monoisotopic (exact) mass is 542 g/mol. The summed E-state index contributed by atoms with van der Waals surface area (Å²) < 4.78 is 71.8. The maximum Gasteiger partial charge on any atom is 0.422 e. The van der Waals surface area contributed by atoms with E-state index in [2.05, 4.69) is 11.7 Å². The average Bonchev–Trinajstić information content (AvgIpc) is 2.93. The Labute approximate surface area is 226 Å². The number of benzene rings is 1. The summed E-state index contributed by atoms with van der Waals surface area (Å²) in [6.07, 6.45) is 13.3. The highest BCUT2D eigenvalue weighted by Gasteiger charge is 2.38. The van der Waals surface area contributed by atoms with Crippen LogP contribution in [0.1, 0.15) is 104 Å². The highest BCUT2D eigenvalue weighted by Crippen LogP contribution is 2.46. The molecule has 0 amide bonds. The van der Waals surface area contributed by atoms with Crippen molar-refractivity contribution in [1.29, 1.82) is 0 Å². The van der Waals surface area contributed by atoms with Gasteiger partial charge in [0.2, 0.25) is 11.6 Å². The molecular formula is C31H46F4O3. The first-order chi connectivity index (χ1) is 18.3. The molecule has 0 saturated heterocycles. The Morgan fingerprint density at radius 2 is 1.18 bits per heavy atom. The third-order valence-corrected chi connectivity index (χ3v) is 9.51. The van der Waals surface area contributed by atoms with E-state index in [9.17, 15) is 17.6 Å². The van der Waals surface area contributed by atoms with Gasteiger partial charge in [-0.15, -0.1) is 0 Å². The molecule has 1 aromatic carbocycles. The van der Waals surface area contributed by atoms with Crippen molar-refractivity contribution in [2.75, 3.05) is 13.2 Å². The van der Waals surface area contributed by atoms with E-state index in [4.69, 9.17) is 9.47 Å². The molecule has 1 aromatic rings. The molecule has 0 aromatic heterocycles. The Kier molecular flexibility index (Phi) is 10.6. The van der Waals surface area contributed by atoms with Crippen LogP contribution >= 0.6 is 0 Å². The topological polar surface area (TPSA) is 27.7 Å². The van der Waals surface area contributed by atoms with Crippen molar-refractivity contribution >= 4 is 0 Å². The Balaban J connectivity index is 1.16. The summed E-state index contributed by atoms with van der Waals surface area (Å²) in [7, 11) is 0. The lowest BCUT2D eigenvalue weighted by Gasteiger charge is -2.41. The van der Waals surface area contributed by atoms with E-state index in [0.717, 1.165) is 61.5 Å². The maximum atomic E-state index is 14.4. The van der Waals surface area contributed by atoms with Gasteiger partial charge in [0.05, 0.1) is 12.7 Å². The highest BCUT2D eigenvalue weighted by atomic mass is 19.3. The second-order valence-corrected chi connectivity index (χ2v) is 12.0. The zero-order valence-corrected chi connectivity index (χ0v) is 23.2. The van der Waals surface area contributed by atoms with Gasteiger partial charge in [0.15, 0.2) is 18.1 Å². The van der Waals surface area contributed by atoms with E-state index in [0.29, 0.717) is 5.92 Å². The minimum absolute atomic E-state index is 0.129. The standard InChI is InChI=1S/C31H46F4O3/c1-3-5-21-6-8-22(9-7-21)23-10-12-24(13-11-23)25-14-16-26(17-15-25)37-20-31(34,35)38-28-19-18-27(36-4-2)29(32)30(28)33/h18-19,21-26H,3-17,20H2,1-2H3. The van der Waals surface area contributed by atoms with Gasteiger partial charge >= 0.3 is 6.11 Å². The third kappa shape index (κ3) is 7.79. The summed E-state index contributed by atoms with van der Waals surface area (Å²) in [4.78, 5) is 0. The predicted molar refractivity (Wildman–Crippen MR) is 141 cm³/mol. The third-order valence-electron chi connectivity index (χ3n) is 9.51. The van der Waals surface area contributed by atoms with Crippen LogP contribution in [0.4, 0.5) is 17.6 Å². The molecule has 38 heavy (non-hydrogen) atoms. The molecule has 216 valence electrons. The van der Waals surface area contributed by atoms with Crippen LogP contribution in [0, 0.1) is 41.2 Å². The van der Waals surface area contributed by atoms with Gasteiger partial charge in [-0.1, -0.05) is 32.6 Å². The molecule has 0 atom stereocenters. The molecule has 0 heterocycles. The SMILES string of the molecule is CCCC1CCC(C2CCC(C3CCC(OCC(F)(F)Oc4ccc(OCC)c(F)c4F)CC3)CC2)CC1. The van der Waals surface area contributed by atoms with Crippen molar-refractivity contribution in [2.24, 2.45) is 29.6 Å². The largest absolute Gasteiger partial charge is 0.491 e. The lowest BCUT2D eigenvalue weighted by Crippen LogP contribution is -2.35. The fourth-order valence-corrected chi connectivity index (χ4v) is 7.44. The van der Waals surface area contributed by atoms with Crippen LogP contribution in [0.2, 0.25) is 0 Å². The van der Waals surface area contributed by atoms with E-state index in [1.54, 1.807) is 6.92 Å².